The molecule has 1 aliphatic rings. The third kappa shape index (κ3) is 3.85. The zero-order chi connectivity index (χ0) is 18.5. The first-order chi connectivity index (χ1) is 12.6. The van der Waals surface area contributed by atoms with Crippen LogP contribution in [0.15, 0.2) is 48.5 Å². The number of hydrogen-bond donors (Lipinski definition) is 0. The number of rotatable bonds is 6. The van der Waals surface area contributed by atoms with Crippen LogP contribution >= 0.6 is 0 Å². The second-order valence-corrected chi connectivity index (χ2v) is 6.45. The van der Waals surface area contributed by atoms with Crippen LogP contribution in [0.25, 0.3) is 0 Å². The summed E-state index contributed by atoms with van der Waals surface area (Å²) in [5, 5.41) is 10.9. The van der Waals surface area contributed by atoms with Crippen LogP contribution in [0.3, 0.4) is 0 Å². The molecule has 6 heteroatoms. The van der Waals surface area contributed by atoms with Crippen molar-refractivity contribution in [3.8, 4) is 11.5 Å². The van der Waals surface area contributed by atoms with Crippen molar-refractivity contribution in [3.05, 3.63) is 64.2 Å². The van der Waals surface area contributed by atoms with Gasteiger partial charge >= 0.3 is 5.97 Å². The molecule has 0 N–H and O–H groups in total. The van der Waals surface area contributed by atoms with Gasteiger partial charge in [-0.05, 0) is 30.4 Å². The van der Waals surface area contributed by atoms with E-state index in [1.54, 1.807) is 0 Å². The molecule has 3 rings (SSSR count). The zero-order valence-electron chi connectivity index (χ0n) is 14.6. The van der Waals surface area contributed by atoms with Gasteiger partial charge in [0, 0.05) is 6.07 Å². The van der Waals surface area contributed by atoms with E-state index in [-0.39, 0.29) is 35.0 Å². The molecule has 1 saturated carbocycles. The minimum Gasteiger partial charge on any atom is -0.493 e. The van der Waals surface area contributed by atoms with Gasteiger partial charge in [0.2, 0.25) is 0 Å². The summed E-state index contributed by atoms with van der Waals surface area (Å²) >= 11 is 0. The van der Waals surface area contributed by atoms with Gasteiger partial charge < -0.3 is 9.47 Å². The number of methoxy groups -OCH3 is 1. The Morgan fingerprint density at radius 3 is 2.42 bits per heavy atom. The Kier molecular flexibility index (Phi) is 5.51. The number of esters is 1. The second kappa shape index (κ2) is 7.99. The van der Waals surface area contributed by atoms with Crippen LogP contribution in [0.4, 0.5) is 5.69 Å². The Bertz CT molecular complexity index is 784. The molecule has 1 fully saturated rings. The van der Waals surface area contributed by atoms with Crippen LogP contribution in [-0.2, 0) is 4.79 Å². The van der Waals surface area contributed by atoms with E-state index in [1.165, 1.54) is 25.3 Å². The van der Waals surface area contributed by atoms with Gasteiger partial charge in [-0.15, -0.1) is 0 Å². The van der Waals surface area contributed by atoms with E-state index < -0.39 is 4.92 Å². The summed E-state index contributed by atoms with van der Waals surface area (Å²) in [7, 11) is 1.39. The van der Waals surface area contributed by atoms with Crippen molar-refractivity contribution in [2.75, 3.05) is 7.11 Å². The van der Waals surface area contributed by atoms with E-state index >= 15 is 0 Å². The number of hydrogen-bond acceptors (Lipinski definition) is 5. The highest BCUT2D eigenvalue weighted by atomic mass is 16.6. The van der Waals surface area contributed by atoms with E-state index in [4.69, 9.17) is 9.47 Å². The number of benzene rings is 2. The molecule has 0 spiro atoms. The molecule has 0 amide bonds. The molecule has 0 aromatic heterocycles. The van der Waals surface area contributed by atoms with Crippen LogP contribution in [0.1, 0.15) is 37.2 Å². The molecule has 0 bridgehead atoms. The summed E-state index contributed by atoms with van der Waals surface area (Å²) in [5.41, 5.74) is 0.822. The predicted molar refractivity (Wildman–Crippen MR) is 96.4 cm³/mol. The minimum atomic E-state index is -0.514. The monoisotopic (exact) mass is 355 g/mol. The molecule has 0 radical (unpaired) electrons. The zero-order valence-corrected chi connectivity index (χ0v) is 14.6. The molecule has 1 atom stereocenters. The Morgan fingerprint density at radius 2 is 1.81 bits per heavy atom. The van der Waals surface area contributed by atoms with E-state index in [0.717, 1.165) is 31.2 Å². The molecule has 136 valence electrons. The van der Waals surface area contributed by atoms with E-state index in [0.29, 0.717) is 0 Å². The Labute approximate surface area is 151 Å². The number of nitro groups is 1. The van der Waals surface area contributed by atoms with Gasteiger partial charge in [-0.2, -0.15) is 0 Å². The van der Waals surface area contributed by atoms with Crippen LogP contribution in [0, 0.1) is 16.0 Å². The summed E-state index contributed by atoms with van der Waals surface area (Å²) < 4.78 is 10.8. The lowest BCUT2D eigenvalue weighted by Crippen LogP contribution is -2.25. The highest BCUT2D eigenvalue weighted by Gasteiger charge is 2.34. The van der Waals surface area contributed by atoms with Crippen LogP contribution in [0.2, 0.25) is 0 Å². The topological polar surface area (TPSA) is 78.7 Å². The molecule has 6 nitrogen and oxygen atoms in total. The number of nitro benzene ring substituents is 1. The summed E-state index contributed by atoms with van der Waals surface area (Å²) in [4.78, 5) is 23.4. The SMILES string of the molecule is COc1cc([N+](=O)[O-])ccc1OC(=O)[C@@H](c1ccccc1)C1CCCC1. The first kappa shape index (κ1) is 17.9. The molecule has 1 aliphatic carbocycles. The number of nitrogens with zero attached hydrogens (tertiary/aromatic N) is 1. The Morgan fingerprint density at radius 1 is 1.12 bits per heavy atom. The van der Waals surface area contributed by atoms with Crippen LogP contribution in [0.5, 0.6) is 11.5 Å². The summed E-state index contributed by atoms with van der Waals surface area (Å²) in [5.74, 6) is -0.0874. The quantitative estimate of drug-likeness (QED) is 0.330. The van der Waals surface area contributed by atoms with Gasteiger partial charge in [-0.1, -0.05) is 43.2 Å². The minimum absolute atomic E-state index is 0.114. The number of non-ortho nitro benzene ring substituents is 1. The molecule has 0 heterocycles. The van der Waals surface area contributed by atoms with Crippen LogP contribution < -0.4 is 9.47 Å². The maximum atomic E-state index is 13.0. The van der Waals surface area contributed by atoms with E-state index in [9.17, 15) is 14.9 Å². The fourth-order valence-electron chi connectivity index (χ4n) is 3.58. The lowest BCUT2D eigenvalue weighted by molar-refractivity contribution is -0.384. The van der Waals surface area contributed by atoms with Gasteiger partial charge in [0.1, 0.15) is 0 Å². The molecule has 2 aromatic rings. The maximum Gasteiger partial charge on any atom is 0.319 e. The van der Waals surface area contributed by atoms with Crippen molar-refractivity contribution < 1.29 is 19.2 Å². The van der Waals surface area contributed by atoms with Crippen molar-refractivity contribution >= 4 is 11.7 Å². The van der Waals surface area contributed by atoms with Crippen molar-refractivity contribution in [3.63, 3.8) is 0 Å². The standard InChI is InChI=1S/C20H21NO5/c1-25-18-13-16(21(23)24)11-12-17(18)26-20(22)19(15-9-5-6-10-15)14-7-3-2-4-8-14/h2-4,7-8,11-13,15,19H,5-6,9-10H2,1H3/t19-/m0/s1. The second-order valence-electron chi connectivity index (χ2n) is 6.45. The van der Waals surface area contributed by atoms with Gasteiger partial charge in [-0.3, -0.25) is 14.9 Å². The lowest BCUT2D eigenvalue weighted by atomic mass is 9.85. The highest BCUT2D eigenvalue weighted by molar-refractivity contribution is 5.81. The van der Waals surface area contributed by atoms with Crippen molar-refractivity contribution in [1.82, 2.24) is 0 Å². The number of ether oxygens (including phenoxy) is 2. The Balaban J connectivity index is 1.87. The first-order valence-electron chi connectivity index (χ1n) is 8.69. The summed E-state index contributed by atoms with van der Waals surface area (Å²) in [6, 6.07) is 13.6. The smallest absolute Gasteiger partial charge is 0.319 e. The van der Waals surface area contributed by atoms with Gasteiger partial charge in [0.25, 0.3) is 5.69 Å². The number of carbonyl (C=O) groups is 1. The average Bonchev–Trinajstić information content (AvgIpc) is 3.17. The third-order valence-electron chi connectivity index (χ3n) is 4.85. The van der Waals surface area contributed by atoms with Crippen molar-refractivity contribution in [2.45, 2.75) is 31.6 Å². The molecular formula is C20H21NO5. The normalized spacial score (nSPS) is 15.4. The van der Waals surface area contributed by atoms with E-state index in [1.807, 2.05) is 30.3 Å². The number of carbonyl (C=O) groups excluding carboxylic acids is 1. The summed E-state index contributed by atoms with van der Waals surface area (Å²) in [6.07, 6.45) is 4.21. The molecule has 0 saturated heterocycles. The van der Waals surface area contributed by atoms with Crippen LogP contribution in [-0.4, -0.2) is 18.0 Å². The highest BCUT2D eigenvalue weighted by Crippen LogP contribution is 2.39. The molecule has 0 aliphatic heterocycles. The van der Waals surface area contributed by atoms with Crippen molar-refractivity contribution in [1.29, 1.82) is 0 Å². The van der Waals surface area contributed by atoms with Gasteiger partial charge in [0.05, 0.1) is 24.0 Å². The van der Waals surface area contributed by atoms with Gasteiger partial charge in [0.15, 0.2) is 11.5 Å². The average molecular weight is 355 g/mol. The largest absolute Gasteiger partial charge is 0.493 e. The Hall–Kier alpha value is -2.89. The fraction of sp³-hybridized carbons (Fsp3) is 0.350. The maximum absolute atomic E-state index is 13.0. The molecule has 0 unspecified atom stereocenters. The van der Waals surface area contributed by atoms with Gasteiger partial charge in [-0.25, -0.2) is 0 Å². The predicted octanol–water partition coefficient (Wildman–Crippen LogP) is 4.48. The van der Waals surface area contributed by atoms with Crippen molar-refractivity contribution in [2.24, 2.45) is 5.92 Å². The summed E-state index contributed by atoms with van der Waals surface area (Å²) in [6.45, 7) is 0. The first-order valence-corrected chi connectivity index (χ1v) is 8.69. The van der Waals surface area contributed by atoms with E-state index in [2.05, 4.69) is 0 Å². The molecule has 2 aromatic carbocycles. The third-order valence-corrected chi connectivity index (χ3v) is 4.85. The molecular weight excluding hydrogens is 334 g/mol. The molecule has 26 heavy (non-hydrogen) atoms. The lowest BCUT2D eigenvalue weighted by Gasteiger charge is -2.22. The fourth-order valence-corrected chi connectivity index (χ4v) is 3.58.